The van der Waals surface area contributed by atoms with Crippen LogP contribution in [0.15, 0.2) is 54.6 Å². The number of rotatable bonds is 5. The number of hydrogen-bond acceptors (Lipinski definition) is 5. The number of thiophene rings is 1. The van der Waals surface area contributed by atoms with E-state index in [1.807, 2.05) is 24.3 Å². The third-order valence-electron chi connectivity index (χ3n) is 5.67. The molecule has 2 aromatic carbocycles. The van der Waals surface area contributed by atoms with Crippen molar-refractivity contribution in [2.75, 3.05) is 30.0 Å². The van der Waals surface area contributed by atoms with Gasteiger partial charge >= 0.3 is 0 Å². The molecule has 1 aromatic heterocycles. The number of anilines is 2. The van der Waals surface area contributed by atoms with Crippen molar-refractivity contribution in [3.63, 3.8) is 0 Å². The monoisotopic (exact) mass is 481 g/mol. The van der Waals surface area contributed by atoms with Crippen LogP contribution >= 0.6 is 22.9 Å². The lowest BCUT2D eigenvalue weighted by atomic mass is 10.1. The van der Waals surface area contributed by atoms with Crippen LogP contribution < -0.4 is 10.2 Å². The molecule has 1 fully saturated rings. The maximum Gasteiger partial charge on any atom is 0.265 e. The minimum Gasteiger partial charge on any atom is -0.370 e. The Bertz CT molecular complexity index is 1260. The van der Waals surface area contributed by atoms with E-state index in [1.165, 1.54) is 11.3 Å². The van der Waals surface area contributed by atoms with E-state index >= 15 is 0 Å². The molecule has 0 spiro atoms. The fourth-order valence-corrected chi connectivity index (χ4v) is 5.03. The number of halogens is 1. The van der Waals surface area contributed by atoms with E-state index < -0.39 is 0 Å². The van der Waals surface area contributed by atoms with E-state index in [4.69, 9.17) is 16.3 Å². The van der Waals surface area contributed by atoms with Crippen LogP contribution in [0.25, 0.3) is 0 Å². The van der Waals surface area contributed by atoms with Crippen molar-refractivity contribution in [3.8, 4) is 0 Å². The number of morpholine rings is 1. The van der Waals surface area contributed by atoms with Crippen molar-refractivity contribution in [2.24, 2.45) is 0 Å². The Morgan fingerprint density at radius 1 is 1.12 bits per heavy atom. The Balaban J connectivity index is 1.33. The Morgan fingerprint density at radius 3 is 2.76 bits per heavy atom. The standard InChI is InChI=1S/C24H20ClN3O4S/c25-21-8-7-20(33-21)23(30)26-19-6-2-5-17-18(19)13-27(24(17)31)12-15-3-1-4-16(11-15)28-9-10-32-14-22(28)29/h1-8,11H,9-10,12-14H2,(H,26,30). The van der Waals surface area contributed by atoms with E-state index in [-0.39, 0.29) is 24.3 Å². The molecule has 3 aromatic rings. The van der Waals surface area contributed by atoms with Gasteiger partial charge in [-0.15, -0.1) is 11.3 Å². The molecule has 1 N–H and O–H groups in total. The average molecular weight is 482 g/mol. The van der Waals surface area contributed by atoms with Crippen molar-refractivity contribution >= 4 is 52.0 Å². The van der Waals surface area contributed by atoms with Gasteiger partial charge in [-0.2, -0.15) is 0 Å². The van der Waals surface area contributed by atoms with Crippen LogP contribution in [0.5, 0.6) is 0 Å². The first kappa shape index (κ1) is 21.6. The zero-order chi connectivity index (χ0) is 22.9. The first-order valence-corrected chi connectivity index (χ1v) is 11.6. The Morgan fingerprint density at radius 2 is 1.97 bits per heavy atom. The van der Waals surface area contributed by atoms with Gasteiger partial charge in [-0.1, -0.05) is 29.8 Å². The number of carbonyl (C=O) groups excluding carboxylic acids is 3. The van der Waals surface area contributed by atoms with E-state index in [1.54, 1.807) is 40.1 Å². The molecule has 2 aliphatic heterocycles. The number of fused-ring (bicyclic) bond motifs is 1. The second-order valence-corrected chi connectivity index (χ2v) is 9.53. The van der Waals surface area contributed by atoms with Gasteiger partial charge in [0.05, 0.1) is 15.8 Å². The first-order chi connectivity index (χ1) is 16.0. The van der Waals surface area contributed by atoms with Crippen molar-refractivity contribution < 1.29 is 19.1 Å². The molecule has 0 saturated carbocycles. The summed E-state index contributed by atoms with van der Waals surface area (Å²) in [7, 11) is 0. The molecular weight excluding hydrogens is 462 g/mol. The lowest BCUT2D eigenvalue weighted by molar-refractivity contribution is -0.125. The summed E-state index contributed by atoms with van der Waals surface area (Å²) in [5.74, 6) is -0.419. The van der Waals surface area contributed by atoms with Crippen LogP contribution in [-0.2, 0) is 22.6 Å². The van der Waals surface area contributed by atoms with Crippen molar-refractivity contribution in [1.82, 2.24) is 4.90 Å². The minimum atomic E-state index is -0.255. The molecule has 1 saturated heterocycles. The van der Waals surface area contributed by atoms with E-state index in [2.05, 4.69) is 5.32 Å². The van der Waals surface area contributed by atoms with Crippen LogP contribution in [0.4, 0.5) is 11.4 Å². The normalized spacial score (nSPS) is 15.7. The molecule has 9 heteroatoms. The molecule has 5 rings (SSSR count). The first-order valence-electron chi connectivity index (χ1n) is 10.4. The quantitative estimate of drug-likeness (QED) is 0.593. The van der Waals surface area contributed by atoms with Gasteiger partial charge in [0.1, 0.15) is 6.61 Å². The number of nitrogens with one attached hydrogen (secondary N) is 1. The highest BCUT2D eigenvalue weighted by Gasteiger charge is 2.30. The van der Waals surface area contributed by atoms with Gasteiger partial charge in [0.15, 0.2) is 0 Å². The maximum atomic E-state index is 13.1. The van der Waals surface area contributed by atoms with E-state index in [9.17, 15) is 14.4 Å². The highest BCUT2D eigenvalue weighted by molar-refractivity contribution is 7.18. The maximum absolute atomic E-state index is 13.1. The fraction of sp³-hybridized carbons (Fsp3) is 0.208. The Hall–Kier alpha value is -3.20. The van der Waals surface area contributed by atoms with Gasteiger partial charge in [0.25, 0.3) is 17.7 Å². The minimum absolute atomic E-state index is 0.0736. The number of carbonyl (C=O) groups is 3. The lowest BCUT2D eigenvalue weighted by Crippen LogP contribution is -2.41. The molecule has 0 bridgehead atoms. The molecule has 0 unspecified atom stereocenters. The average Bonchev–Trinajstić information content (AvgIpc) is 3.39. The van der Waals surface area contributed by atoms with Crippen molar-refractivity contribution in [3.05, 3.63) is 80.5 Å². The van der Waals surface area contributed by atoms with E-state index in [0.717, 1.165) is 16.8 Å². The predicted molar refractivity (Wildman–Crippen MR) is 127 cm³/mol. The Labute approximate surface area is 199 Å². The molecule has 0 aliphatic carbocycles. The zero-order valence-electron chi connectivity index (χ0n) is 17.5. The summed E-state index contributed by atoms with van der Waals surface area (Å²) in [6.45, 7) is 1.87. The number of hydrogen-bond donors (Lipinski definition) is 1. The lowest BCUT2D eigenvalue weighted by Gasteiger charge is -2.27. The van der Waals surface area contributed by atoms with Crippen LogP contribution in [0.1, 0.15) is 31.2 Å². The van der Waals surface area contributed by atoms with Gasteiger partial charge in [0, 0.05) is 42.1 Å². The summed E-state index contributed by atoms with van der Waals surface area (Å²) < 4.78 is 5.75. The Kier molecular flexibility index (Phi) is 5.88. The van der Waals surface area contributed by atoms with Gasteiger partial charge in [-0.05, 0) is 42.0 Å². The molecular formula is C24H20ClN3O4S. The summed E-state index contributed by atoms with van der Waals surface area (Å²) in [6.07, 6.45) is 0. The molecule has 3 heterocycles. The second-order valence-electron chi connectivity index (χ2n) is 7.82. The van der Waals surface area contributed by atoms with Gasteiger partial charge < -0.3 is 19.9 Å². The van der Waals surface area contributed by atoms with Crippen LogP contribution in [0.2, 0.25) is 4.34 Å². The molecule has 7 nitrogen and oxygen atoms in total. The number of benzene rings is 2. The van der Waals surface area contributed by atoms with E-state index in [0.29, 0.717) is 46.7 Å². The van der Waals surface area contributed by atoms with Crippen molar-refractivity contribution in [2.45, 2.75) is 13.1 Å². The summed E-state index contributed by atoms with van der Waals surface area (Å²) in [5, 5.41) is 2.91. The molecule has 2 aliphatic rings. The number of amides is 3. The second kappa shape index (κ2) is 8.97. The van der Waals surface area contributed by atoms with Crippen LogP contribution in [0.3, 0.4) is 0 Å². The summed E-state index contributed by atoms with van der Waals surface area (Å²) in [4.78, 5) is 41.8. The smallest absolute Gasteiger partial charge is 0.265 e. The van der Waals surface area contributed by atoms with Crippen LogP contribution in [-0.4, -0.2) is 42.4 Å². The van der Waals surface area contributed by atoms with Gasteiger partial charge in [0.2, 0.25) is 0 Å². The summed E-state index contributed by atoms with van der Waals surface area (Å²) >= 11 is 7.15. The van der Waals surface area contributed by atoms with Gasteiger partial charge in [-0.25, -0.2) is 0 Å². The topological polar surface area (TPSA) is 79.0 Å². The van der Waals surface area contributed by atoms with Crippen molar-refractivity contribution in [1.29, 1.82) is 0 Å². The largest absolute Gasteiger partial charge is 0.370 e. The highest BCUT2D eigenvalue weighted by Crippen LogP contribution is 2.32. The number of nitrogens with zero attached hydrogens (tertiary/aromatic N) is 2. The molecule has 168 valence electrons. The zero-order valence-corrected chi connectivity index (χ0v) is 19.1. The van der Waals surface area contributed by atoms with Crippen LogP contribution in [0, 0.1) is 0 Å². The predicted octanol–water partition coefficient (Wildman–Crippen LogP) is 4.17. The molecule has 0 radical (unpaired) electrons. The molecule has 33 heavy (non-hydrogen) atoms. The van der Waals surface area contributed by atoms with Gasteiger partial charge in [-0.3, -0.25) is 14.4 Å². The summed E-state index contributed by atoms with van der Waals surface area (Å²) in [6, 6.07) is 16.3. The highest BCUT2D eigenvalue weighted by atomic mass is 35.5. The molecule has 0 atom stereocenters. The number of ether oxygens (including phenoxy) is 1. The summed E-state index contributed by atoms with van der Waals surface area (Å²) in [5.41, 5.74) is 3.71. The SMILES string of the molecule is O=C(Nc1cccc2c1CN(Cc1cccc(N3CCOCC3=O)c1)C2=O)c1ccc(Cl)s1. The third-order valence-corrected chi connectivity index (χ3v) is 6.90. The fourth-order valence-electron chi connectivity index (χ4n) is 4.09. The third kappa shape index (κ3) is 4.37. The molecule has 3 amide bonds.